The van der Waals surface area contributed by atoms with Crippen LogP contribution < -0.4 is 0 Å². The molecule has 1 fully saturated rings. The van der Waals surface area contributed by atoms with Gasteiger partial charge in [-0.3, -0.25) is 0 Å². The maximum Gasteiger partial charge on any atom is 0.0572 e. The van der Waals surface area contributed by atoms with Gasteiger partial charge in [0.1, 0.15) is 0 Å². The summed E-state index contributed by atoms with van der Waals surface area (Å²) in [5.74, 6) is 0.872. The molecule has 0 saturated heterocycles. The van der Waals surface area contributed by atoms with Gasteiger partial charge in [0.05, 0.1) is 12.7 Å². The van der Waals surface area contributed by atoms with Crippen LogP contribution in [0.5, 0.6) is 0 Å². The van der Waals surface area contributed by atoms with E-state index in [0.29, 0.717) is 6.10 Å². The third-order valence-corrected chi connectivity index (χ3v) is 3.78. The summed E-state index contributed by atoms with van der Waals surface area (Å²) in [6, 6.07) is 0. The Labute approximate surface area is 108 Å². The number of ether oxygens (including phenoxy) is 1. The third kappa shape index (κ3) is 6.88. The lowest BCUT2D eigenvalue weighted by Crippen LogP contribution is -2.12. The standard InChI is InChI=1S/C16H30O/c1-3-5-13-16(4-2)17-14-9-8-12-15-10-6-7-11-15/h8,12,15-16H,3-7,9-11,13-14H2,1-2H3/b12-8+. The first kappa shape index (κ1) is 14.8. The van der Waals surface area contributed by atoms with Gasteiger partial charge in [-0.05, 0) is 38.0 Å². The van der Waals surface area contributed by atoms with E-state index in [1.807, 2.05) is 0 Å². The van der Waals surface area contributed by atoms with Gasteiger partial charge in [-0.1, -0.05) is 51.7 Å². The first-order chi connectivity index (χ1) is 8.36. The van der Waals surface area contributed by atoms with Crippen LogP contribution in [0, 0.1) is 5.92 Å². The summed E-state index contributed by atoms with van der Waals surface area (Å²) >= 11 is 0. The van der Waals surface area contributed by atoms with Crippen molar-refractivity contribution in [2.24, 2.45) is 5.92 Å². The van der Waals surface area contributed by atoms with E-state index < -0.39 is 0 Å². The topological polar surface area (TPSA) is 9.23 Å². The Morgan fingerprint density at radius 3 is 2.65 bits per heavy atom. The second-order valence-electron chi connectivity index (χ2n) is 5.30. The fourth-order valence-corrected chi connectivity index (χ4v) is 2.58. The number of unbranched alkanes of at least 4 members (excludes halogenated alkanes) is 1. The molecule has 0 aliphatic heterocycles. The SMILES string of the molecule is CCCCC(CC)OCC/C=C/C1CCCC1. The van der Waals surface area contributed by atoms with E-state index in [2.05, 4.69) is 26.0 Å². The second kappa shape index (κ2) is 9.70. The van der Waals surface area contributed by atoms with Crippen molar-refractivity contribution in [3.63, 3.8) is 0 Å². The van der Waals surface area contributed by atoms with Crippen molar-refractivity contribution in [1.82, 2.24) is 0 Å². The molecular weight excluding hydrogens is 208 g/mol. The highest BCUT2D eigenvalue weighted by molar-refractivity contribution is 4.90. The predicted octanol–water partition coefficient (Wildman–Crippen LogP) is 5.11. The maximum atomic E-state index is 5.91. The van der Waals surface area contributed by atoms with Gasteiger partial charge in [-0.15, -0.1) is 0 Å². The first-order valence-corrected chi connectivity index (χ1v) is 7.65. The molecular formula is C16H30O. The fourth-order valence-electron chi connectivity index (χ4n) is 2.58. The highest BCUT2D eigenvalue weighted by atomic mass is 16.5. The Hall–Kier alpha value is -0.300. The number of rotatable bonds is 9. The Bertz CT molecular complexity index is 192. The summed E-state index contributed by atoms with van der Waals surface area (Å²) in [5.41, 5.74) is 0. The van der Waals surface area contributed by atoms with Crippen LogP contribution in [0.25, 0.3) is 0 Å². The minimum Gasteiger partial charge on any atom is -0.378 e. The van der Waals surface area contributed by atoms with Gasteiger partial charge >= 0.3 is 0 Å². The van der Waals surface area contributed by atoms with Crippen molar-refractivity contribution >= 4 is 0 Å². The van der Waals surface area contributed by atoms with Crippen molar-refractivity contribution in [3.05, 3.63) is 12.2 Å². The average molecular weight is 238 g/mol. The van der Waals surface area contributed by atoms with Crippen molar-refractivity contribution in [1.29, 1.82) is 0 Å². The predicted molar refractivity (Wildman–Crippen MR) is 75.3 cm³/mol. The van der Waals surface area contributed by atoms with Crippen LogP contribution >= 0.6 is 0 Å². The highest BCUT2D eigenvalue weighted by Gasteiger charge is 2.10. The lowest BCUT2D eigenvalue weighted by Gasteiger charge is -2.14. The summed E-state index contributed by atoms with van der Waals surface area (Å²) in [6.07, 6.45) is 17.0. The normalized spacial score (nSPS) is 19.2. The third-order valence-electron chi connectivity index (χ3n) is 3.78. The van der Waals surface area contributed by atoms with Crippen LogP contribution in [0.2, 0.25) is 0 Å². The zero-order valence-corrected chi connectivity index (χ0v) is 11.8. The zero-order valence-electron chi connectivity index (χ0n) is 11.8. The van der Waals surface area contributed by atoms with Gasteiger partial charge in [0, 0.05) is 0 Å². The Kier molecular flexibility index (Phi) is 8.42. The number of hydrogen-bond acceptors (Lipinski definition) is 1. The molecule has 0 aromatic rings. The summed E-state index contributed by atoms with van der Waals surface area (Å²) in [6.45, 7) is 5.39. The lowest BCUT2D eigenvalue weighted by atomic mass is 10.1. The van der Waals surface area contributed by atoms with E-state index in [0.717, 1.165) is 25.4 Å². The van der Waals surface area contributed by atoms with Gasteiger partial charge in [0.2, 0.25) is 0 Å². The minimum absolute atomic E-state index is 0.495. The van der Waals surface area contributed by atoms with Gasteiger partial charge in [0.15, 0.2) is 0 Å². The van der Waals surface area contributed by atoms with Crippen molar-refractivity contribution in [2.75, 3.05) is 6.61 Å². The van der Waals surface area contributed by atoms with Crippen molar-refractivity contribution < 1.29 is 4.74 Å². The van der Waals surface area contributed by atoms with Gasteiger partial charge < -0.3 is 4.74 Å². The monoisotopic (exact) mass is 238 g/mol. The average Bonchev–Trinajstić information content (AvgIpc) is 2.85. The highest BCUT2D eigenvalue weighted by Crippen LogP contribution is 2.25. The lowest BCUT2D eigenvalue weighted by molar-refractivity contribution is 0.0465. The molecule has 0 N–H and O–H groups in total. The number of allylic oxidation sites excluding steroid dienone is 1. The minimum atomic E-state index is 0.495. The molecule has 0 bridgehead atoms. The molecule has 1 nitrogen and oxygen atoms in total. The zero-order chi connectivity index (χ0) is 12.3. The van der Waals surface area contributed by atoms with E-state index in [-0.39, 0.29) is 0 Å². The largest absolute Gasteiger partial charge is 0.378 e. The first-order valence-electron chi connectivity index (χ1n) is 7.65. The Morgan fingerprint density at radius 1 is 1.24 bits per heavy atom. The van der Waals surface area contributed by atoms with Gasteiger partial charge in [-0.25, -0.2) is 0 Å². The summed E-state index contributed by atoms with van der Waals surface area (Å²) in [7, 11) is 0. The summed E-state index contributed by atoms with van der Waals surface area (Å²) in [4.78, 5) is 0. The fraction of sp³-hybridized carbons (Fsp3) is 0.875. The molecule has 1 aliphatic rings. The Morgan fingerprint density at radius 2 is 2.00 bits per heavy atom. The van der Waals surface area contributed by atoms with Crippen molar-refractivity contribution in [3.8, 4) is 0 Å². The van der Waals surface area contributed by atoms with Crippen LogP contribution in [0.1, 0.15) is 71.6 Å². The molecule has 1 saturated carbocycles. The van der Waals surface area contributed by atoms with E-state index in [1.165, 1.54) is 44.9 Å². The molecule has 0 radical (unpaired) electrons. The number of hydrogen-bond donors (Lipinski definition) is 0. The van der Waals surface area contributed by atoms with E-state index in [9.17, 15) is 0 Å². The molecule has 0 aromatic heterocycles. The van der Waals surface area contributed by atoms with Gasteiger partial charge in [0.25, 0.3) is 0 Å². The smallest absolute Gasteiger partial charge is 0.0572 e. The van der Waals surface area contributed by atoms with Crippen LogP contribution in [0.15, 0.2) is 12.2 Å². The van der Waals surface area contributed by atoms with Crippen molar-refractivity contribution in [2.45, 2.75) is 77.7 Å². The summed E-state index contributed by atoms with van der Waals surface area (Å²) in [5, 5.41) is 0. The summed E-state index contributed by atoms with van der Waals surface area (Å²) < 4.78 is 5.91. The van der Waals surface area contributed by atoms with E-state index >= 15 is 0 Å². The molecule has 100 valence electrons. The molecule has 0 spiro atoms. The molecule has 1 rings (SSSR count). The molecule has 17 heavy (non-hydrogen) atoms. The van der Waals surface area contributed by atoms with Crippen LogP contribution in [-0.4, -0.2) is 12.7 Å². The molecule has 0 amide bonds. The maximum absolute atomic E-state index is 5.91. The Balaban J connectivity index is 2.01. The van der Waals surface area contributed by atoms with Gasteiger partial charge in [-0.2, -0.15) is 0 Å². The second-order valence-corrected chi connectivity index (χ2v) is 5.30. The quantitative estimate of drug-likeness (QED) is 0.401. The molecule has 1 atom stereocenters. The van der Waals surface area contributed by atoms with E-state index in [4.69, 9.17) is 4.74 Å². The van der Waals surface area contributed by atoms with Crippen LogP contribution in [-0.2, 0) is 4.74 Å². The van der Waals surface area contributed by atoms with E-state index in [1.54, 1.807) is 0 Å². The molecule has 0 aromatic carbocycles. The molecule has 0 heterocycles. The van der Waals surface area contributed by atoms with Crippen LogP contribution in [0.4, 0.5) is 0 Å². The van der Waals surface area contributed by atoms with Crippen LogP contribution in [0.3, 0.4) is 0 Å². The molecule has 1 heteroatoms. The molecule has 1 unspecified atom stereocenters. The molecule has 1 aliphatic carbocycles.